The van der Waals surface area contributed by atoms with Crippen LogP contribution in [0.1, 0.15) is 87.6 Å². The van der Waals surface area contributed by atoms with Crippen LogP contribution in [-0.4, -0.2) is 119 Å². The average molecular weight is 1020 g/mol. The molecule has 2 aliphatic heterocycles. The molecule has 0 spiro atoms. The maximum Gasteiger partial charge on any atom is 0.502 e. The molecule has 0 amide bonds. The van der Waals surface area contributed by atoms with Crippen LogP contribution in [0.4, 0.5) is 0 Å². The van der Waals surface area contributed by atoms with Crippen molar-refractivity contribution in [2.24, 2.45) is 0 Å². The topological polar surface area (TPSA) is 313 Å². The quantitative estimate of drug-likeness (QED) is 0.0377. The van der Waals surface area contributed by atoms with E-state index < -0.39 is 126 Å². The van der Waals surface area contributed by atoms with Crippen LogP contribution in [0.5, 0.6) is 0 Å². The van der Waals surface area contributed by atoms with Gasteiger partial charge in [0.2, 0.25) is 0 Å². The SMILES string of the molecule is CC(=O)O[C@@H]1[C@H](OC(C)=O)[C@@H](COP(=O)(OOCCC#N)O[C@H]2[C@@H](O[Si](C)(C)C(C)(C)C)[C@H](n3ccc(=O)[nH]c3=O)O[C@@H]2COP(OCCC#N)N(C(C)C)C(C)C)O[C@H]1n1ccc(=O)[nH]c1=O. The number of phosphoric ester groups is 1. The van der Waals surface area contributed by atoms with Crippen LogP contribution in [0.15, 0.2) is 43.7 Å². The van der Waals surface area contributed by atoms with Crippen molar-refractivity contribution in [3.63, 3.8) is 0 Å². The molecule has 0 aromatic carbocycles. The van der Waals surface area contributed by atoms with E-state index in [0.29, 0.717) is 0 Å². The highest BCUT2D eigenvalue weighted by Gasteiger charge is 2.56. The minimum atomic E-state index is -5.21. The van der Waals surface area contributed by atoms with E-state index in [1.165, 1.54) is 6.20 Å². The van der Waals surface area contributed by atoms with Crippen LogP contribution in [0.2, 0.25) is 18.1 Å². The maximum absolute atomic E-state index is 15.2. The van der Waals surface area contributed by atoms with Crippen molar-refractivity contribution in [1.29, 1.82) is 10.5 Å². The fourth-order valence-electron chi connectivity index (χ4n) is 6.83. The Morgan fingerprint density at radius 3 is 1.79 bits per heavy atom. The van der Waals surface area contributed by atoms with E-state index in [9.17, 15) is 39.3 Å². The number of aromatic nitrogens is 4. The molecule has 2 N–H and O–H groups in total. The summed E-state index contributed by atoms with van der Waals surface area (Å²) < 4.78 is 79.9. The van der Waals surface area contributed by atoms with Crippen molar-refractivity contribution in [2.75, 3.05) is 26.4 Å². The average Bonchev–Trinajstić information content (AvgIpc) is 3.71. The number of phosphoric acid groups is 1. The molecule has 10 atom stereocenters. The molecule has 2 saturated heterocycles. The highest BCUT2D eigenvalue weighted by molar-refractivity contribution is 7.48. The maximum atomic E-state index is 15.2. The third kappa shape index (κ3) is 14.9. The van der Waals surface area contributed by atoms with Crippen LogP contribution >= 0.6 is 16.3 Å². The molecule has 2 aliphatic rings. The lowest BCUT2D eigenvalue weighted by Crippen LogP contribution is -2.50. The molecule has 0 saturated carbocycles. The predicted molar refractivity (Wildman–Crippen MR) is 241 cm³/mol. The molecule has 0 aliphatic carbocycles. The molecule has 2 unspecified atom stereocenters. The van der Waals surface area contributed by atoms with Gasteiger partial charge in [0.15, 0.2) is 33.0 Å². The van der Waals surface area contributed by atoms with Gasteiger partial charge in [-0.1, -0.05) is 20.8 Å². The molecule has 28 heteroatoms. The van der Waals surface area contributed by atoms with Gasteiger partial charge in [-0.05, 0) is 45.8 Å². The zero-order valence-corrected chi connectivity index (χ0v) is 42.6. The monoisotopic (exact) mass is 1020 g/mol. The molecule has 2 aromatic heterocycles. The van der Waals surface area contributed by atoms with Gasteiger partial charge >= 0.3 is 31.1 Å². The summed E-state index contributed by atoms with van der Waals surface area (Å²) in [6, 6.07) is 5.76. The summed E-state index contributed by atoms with van der Waals surface area (Å²) in [6.07, 6.45) is -9.70. The van der Waals surface area contributed by atoms with Crippen LogP contribution in [-0.2, 0) is 65.2 Å². The zero-order chi connectivity index (χ0) is 50.7. The first-order chi connectivity index (χ1) is 31.8. The standard InChI is InChI=1S/C40H61N7O18P2Si/c1-24(2)47(25(3)4)66(56-21-13-17-42)57-22-28-33(35(64-68(10,11)40(7,8)9)37(61-28)46-19-15-31(51)44-39(46)53)63-67(54,65-55-20-12-16-41)58-23-29-32(59-26(5)48)34(60-27(6)49)36(62-29)45-18-14-30(50)43-38(45)52/h14-15,18-19,24-25,28-29,32-37H,12-13,20-23H2,1-11H3,(H,43,50,52)(H,44,51,53)/t28-,29-,32-,33-,34-,35-,36-,37-,66?,67?/m1/s1. The molecule has 0 radical (unpaired) electrons. The molecule has 2 fully saturated rings. The molecular formula is C40H61N7O18P2Si. The second kappa shape index (κ2) is 24.5. The highest BCUT2D eigenvalue weighted by atomic mass is 31.2. The number of nitrogens with zero attached hydrogens (tertiary/aromatic N) is 5. The van der Waals surface area contributed by atoms with Crippen LogP contribution in [0.3, 0.4) is 0 Å². The number of carbonyl (C=O) groups is 2. The summed E-state index contributed by atoms with van der Waals surface area (Å²) in [5.74, 6) is -1.75. The Morgan fingerprint density at radius 2 is 1.31 bits per heavy atom. The summed E-state index contributed by atoms with van der Waals surface area (Å²) in [7, 11) is -10.1. The summed E-state index contributed by atoms with van der Waals surface area (Å²) in [5, 5.41) is 18.1. The number of hydrogen-bond acceptors (Lipinski definition) is 21. The molecule has 68 heavy (non-hydrogen) atoms. The first-order valence-corrected chi connectivity index (χ1v) is 27.1. The third-order valence-corrected chi connectivity index (χ3v) is 18.6. The lowest BCUT2D eigenvalue weighted by atomic mass is 10.1. The van der Waals surface area contributed by atoms with Crippen LogP contribution < -0.4 is 22.5 Å². The van der Waals surface area contributed by atoms with Gasteiger partial charge in [0.1, 0.15) is 24.4 Å². The predicted octanol–water partition coefficient (Wildman–Crippen LogP) is 3.80. The van der Waals surface area contributed by atoms with Crippen LogP contribution in [0.25, 0.3) is 0 Å². The highest BCUT2D eigenvalue weighted by Crippen LogP contribution is 2.56. The van der Waals surface area contributed by atoms with Crippen molar-refractivity contribution in [1.82, 2.24) is 23.8 Å². The van der Waals surface area contributed by atoms with E-state index in [-0.39, 0.29) is 38.1 Å². The number of ether oxygens (including phenoxy) is 4. The molecule has 25 nitrogen and oxygen atoms in total. The Labute approximate surface area is 394 Å². The van der Waals surface area contributed by atoms with Crippen molar-refractivity contribution < 1.29 is 65.2 Å². The molecule has 4 heterocycles. The number of esters is 2. The summed E-state index contributed by atoms with van der Waals surface area (Å²) in [5.41, 5.74) is -3.32. The fourth-order valence-corrected chi connectivity index (χ4v) is 11.0. The first kappa shape index (κ1) is 56.3. The molecule has 378 valence electrons. The second-order valence-electron chi connectivity index (χ2n) is 17.6. The molecule has 4 rings (SSSR count). The van der Waals surface area contributed by atoms with E-state index >= 15 is 4.57 Å². The van der Waals surface area contributed by atoms with Gasteiger partial charge in [-0.3, -0.25) is 47.3 Å². The van der Waals surface area contributed by atoms with Crippen molar-refractivity contribution in [3.05, 3.63) is 66.2 Å². The van der Waals surface area contributed by atoms with Gasteiger partial charge in [-0.2, -0.15) is 10.5 Å². The third-order valence-electron chi connectivity index (χ3n) is 10.8. The fraction of sp³-hybridized carbons (Fsp3) is 0.700. The summed E-state index contributed by atoms with van der Waals surface area (Å²) in [6.45, 7) is 17.8. The Hall–Kier alpha value is -4.24. The number of H-pyrrole nitrogens is 2. The molecule has 0 bridgehead atoms. The van der Waals surface area contributed by atoms with Gasteiger partial charge in [0.25, 0.3) is 19.6 Å². The summed E-state index contributed by atoms with van der Waals surface area (Å²) in [4.78, 5) is 85.0. The van der Waals surface area contributed by atoms with E-state index in [2.05, 4.69) is 9.97 Å². The first-order valence-electron chi connectivity index (χ1n) is 21.6. The molecule has 2 aromatic rings. The summed E-state index contributed by atoms with van der Waals surface area (Å²) >= 11 is 0. The number of aromatic amines is 2. The normalized spacial score (nSPS) is 24.4. The van der Waals surface area contributed by atoms with E-state index in [1.807, 2.05) is 78.4 Å². The largest absolute Gasteiger partial charge is 0.502 e. The van der Waals surface area contributed by atoms with Crippen molar-refractivity contribution in [2.45, 2.75) is 154 Å². The van der Waals surface area contributed by atoms with E-state index in [1.54, 1.807) is 0 Å². The Bertz CT molecular complexity index is 2400. The zero-order valence-electron chi connectivity index (χ0n) is 39.8. The van der Waals surface area contributed by atoms with Gasteiger partial charge < -0.3 is 32.4 Å². The number of nitriles is 2. The van der Waals surface area contributed by atoms with Gasteiger partial charge in [-0.25, -0.2) is 23.7 Å². The van der Waals surface area contributed by atoms with Gasteiger partial charge in [0.05, 0.1) is 51.4 Å². The molecular weight excluding hydrogens is 957 g/mol. The van der Waals surface area contributed by atoms with Crippen LogP contribution in [0, 0.1) is 22.7 Å². The number of carbonyl (C=O) groups excluding carboxylic acids is 2. The van der Waals surface area contributed by atoms with E-state index in [0.717, 1.165) is 41.3 Å². The minimum absolute atomic E-state index is 0.0145. The Morgan fingerprint density at radius 1 is 0.809 bits per heavy atom. The van der Waals surface area contributed by atoms with Crippen molar-refractivity contribution in [3.8, 4) is 12.1 Å². The smallest absolute Gasteiger partial charge is 0.456 e. The van der Waals surface area contributed by atoms with Gasteiger partial charge in [0, 0.05) is 50.5 Å². The van der Waals surface area contributed by atoms with Crippen molar-refractivity contribution >= 4 is 36.6 Å². The minimum Gasteiger partial charge on any atom is -0.456 e. The number of nitrogens with one attached hydrogen (secondary N) is 2. The lowest BCUT2D eigenvalue weighted by molar-refractivity contribution is -0.230. The second-order valence-corrected chi connectivity index (χ2v) is 25.3. The number of rotatable bonds is 24. The lowest BCUT2D eigenvalue weighted by Gasteiger charge is -2.41. The number of hydrogen-bond donors (Lipinski definition) is 2. The Kier molecular flexibility index (Phi) is 20.3. The van der Waals surface area contributed by atoms with E-state index in [4.69, 9.17) is 51.0 Å². The Balaban J connectivity index is 1.86. The van der Waals surface area contributed by atoms with Gasteiger partial charge in [-0.15, -0.1) is 4.67 Å².